The molecule has 0 fully saturated rings. The largest absolute Gasteiger partial charge is 0.466 e. The van der Waals surface area contributed by atoms with Crippen molar-refractivity contribution in [2.24, 2.45) is 11.8 Å². The number of unbranched alkanes of at least 4 members (excludes halogenated alkanes) is 13. The Bertz CT molecular complexity index is 875. The first kappa shape index (κ1) is 49.3. The van der Waals surface area contributed by atoms with Crippen molar-refractivity contribution in [3.63, 3.8) is 0 Å². The van der Waals surface area contributed by atoms with Crippen LogP contribution in [-0.4, -0.2) is 75.2 Å². The predicted octanol–water partition coefficient (Wildman–Crippen LogP) is 12.1. The summed E-state index contributed by atoms with van der Waals surface area (Å²) in [6.07, 6.45) is 30.6. The van der Waals surface area contributed by atoms with Crippen LogP contribution in [0.4, 0.5) is 0 Å². The topological polar surface area (TPSA) is 59.1 Å². The highest BCUT2D eigenvalue weighted by atomic mass is 16.5. The molecule has 0 N–H and O–H groups in total. The monoisotopic (exact) mass is 719 g/mol. The lowest BCUT2D eigenvalue weighted by atomic mass is 10.0. The number of ether oxygens (including phenoxy) is 2. The number of carbonyl (C=O) groups is 2. The second-order valence-corrected chi connectivity index (χ2v) is 16.4. The zero-order chi connectivity index (χ0) is 38.0. The van der Waals surface area contributed by atoms with Crippen LogP contribution in [0, 0.1) is 11.8 Å². The molecule has 0 rings (SSSR count). The Labute approximate surface area is 317 Å². The van der Waals surface area contributed by atoms with Crippen LogP contribution in [-0.2, 0) is 19.1 Å². The van der Waals surface area contributed by atoms with Gasteiger partial charge >= 0.3 is 11.9 Å². The van der Waals surface area contributed by atoms with Crippen molar-refractivity contribution >= 4 is 11.9 Å². The van der Waals surface area contributed by atoms with Crippen molar-refractivity contribution in [2.75, 3.05) is 53.5 Å². The highest BCUT2D eigenvalue weighted by Gasteiger charge is 2.09. The summed E-state index contributed by atoms with van der Waals surface area (Å²) in [5.74, 6) is 1.17. The number of allylic oxidation sites excluding steroid dienone is 4. The fraction of sp³-hybridized carbons (Fsp3) is 0.867. The molecule has 0 aromatic rings. The van der Waals surface area contributed by atoms with E-state index in [-0.39, 0.29) is 11.9 Å². The van der Waals surface area contributed by atoms with Crippen LogP contribution in [0.25, 0.3) is 0 Å². The Morgan fingerprint density at radius 2 is 0.843 bits per heavy atom. The summed E-state index contributed by atoms with van der Waals surface area (Å²) in [6, 6.07) is 0. The molecule has 6 nitrogen and oxygen atoms in total. The normalized spacial score (nSPS) is 12.6. The maximum atomic E-state index is 12.1. The third-order valence-corrected chi connectivity index (χ3v) is 10.00. The summed E-state index contributed by atoms with van der Waals surface area (Å²) in [5.41, 5.74) is 2.76. The van der Waals surface area contributed by atoms with Crippen molar-refractivity contribution in [2.45, 2.75) is 189 Å². The van der Waals surface area contributed by atoms with Crippen LogP contribution in [0.3, 0.4) is 0 Å². The molecule has 0 aliphatic carbocycles. The molecule has 0 spiro atoms. The van der Waals surface area contributed by atoms with Gasteiger partial charge in [0, 0.05) is 25.9 Å². The minimum atomic E-state index is -0.0164. The molecule has 2 atom stereocenters. The summed E-state index contributed by atoms with van der Waals surface area (Å²) < 4.78 is 10.9. The summed E-state index contributed by atoms with van der Waals surface area (Å²) in [7, 11) is 4.34. The van der Waals surface area contributed by atoms with E-state index in [1.165, 1.54) is 108 Å². The number of nitrogens with zero attached hydrogens (tertiary/aromatic N) is 2. The molecule has 0 heterocycles. The molecule has 300 valence electrons. The SMILES string of the molecule is CC(C)=CCCC(C)CCOC(=O)CCCCCCCCCCN(CCCCCCCCCC(=O)OCCC(C)CCC=C(C)C)CCN(C)C. The molecule has 0 aromatic heterocycles. The zero-order valence-electron chi connectivity index (χ0n) is 35.3. The molecule has 2 unspecified atom stereocenters. The quantitative estimate of drug-likeness (QED) is 0.0365. The van der Waals surface area contributed by atoms with E-state index in [2.05, 4.69) is 77.6 Å². The first-order chi connectivity index (χ1) is 24.5. The van der Waals surface area contributed by atoms with E-state index in [0.717, 1.165) is 64.5 Å². The van der Waals surface area contributed by atoms with Crippen LogP contribution in [0.5, 0.6) is 0 Å². The number of likely N-dealkylation sites (N-methyl/N-ethyl adjacent to an activating group) is 1. The zero-order valence-corrected chi connectivity index (χ0v) is 35.3. The fourth-order valence-electron chi connectivity index (χ4n) is 6.32. The van der Waals surface area contributed by atoms with Crippen LogP contribution >= 0.6 is 0 Å². The van der Waals surface area contributed by atoms with E-state index in [4.69, 9.17) is 9.47 Å². The smallest absolute Gasteiger partial charge is 0.305 e. The molecular formula is C45H86N2O4. The van der Waals surface area contributed by atoms with Gasteiger partial charge in [0.05, 0.1) is 13.2 Å². The fourth-order valence-corrected chi connectivity index (χ4v) is 6.32. The number of carbonyl (C=O) groups excluding carboxylic acids is 2. The lowest BCUT2D eigenvalue weighted by Gasteiger charge is -2.24. The third-order valence-electron chi connectivity index (χ3n) is 10.00. The Balaban J connectivity index is 3.78. The van der Waals surface area contributed by atoms with Gasteiger partial charge in [-0.05, 0) is 131 Å². The molecule has 0 amide bonds. The van der Waals surface area contributed by atoms with E-state index in [1.54, 1.807) is 0 Å². The van der Waals surface area contributed by atoms with Crippen molar-refractivity contribution in [1.29, 1.82) is 0 Å². The Morgan fingerprint density at radius 1 is 0.490 bits per heavy atom. The molecule has 0 aliphatic rings. The maximum absolute atomic E-state index is 12.1. The van der Waals surface area contributed by atoms with Gasteiger partial charge in [-0.2, -0.15) is 0 Å². The Morgan fingerprint density at radius 3 is 1.20 bits per heavy atom. The van der Waals surface area contributed by atoms with Crippen LogP contribution in [0.15, 0.2) is 23.3 Å². The second kappa shape index (κ2) is 35.4. The van der Waals surface area contributed by atoms with Gasteiger partial charge in [-0.25, -0.2) is 0 Å². The van der Waals surface area contributed by atoms with Gasteiger partial charge < -0.3 is 19.3 Å². The minimum absolute atomic E-state index is 0.0154. The first-order valence-electron chi connectivity index (χ1n) is 21.4. The van der Waals surface area contributed by atoms with Gasteiger partial charge in [-0.3, -0.25) is 9.59 Å². The number of rotatable bonds is 36. The Hall–Kier alpha value is -1.66. The Kier molecular flexibility index (Phi) is 34.2. The molecule has 0 radical (unpaired) electrons. The van der Waals surface area contributed by atoms with Gasteiger partial charge in [0.15, 0.2) is 0 Å². The molecule has 0 aliphatic heterocycles. The van der Waals surface area contributed by atoms with Crippen molar-refractivity contribution in [3.8, 4) is 0 Å². The third kappa shape index (κ3) is 37.9. The number of hydrogen-bond acceptors (Lipinski definition) is 6. The highest BCUT2D eigenvalue weighted by Crippen LogP contribution is 2.15. The summed E-state index contributed by atoms with van der Waals surface area (Å²) in [5, 5.41) is 0. The van der Waals surface area contributed by atoms with E-state index < -0.39 is 0 Å². The van der Waals surface area contributed by atoms with Crippen molar-refractivity contribution < 1.29 is 19.1 Å². The average Bonchev–Trinajstić information content (AvgIpc) is 3.06. The van der Waals surface area contributed by atoms with E-state index in [0.29, 0.717) is 37.9 Å². The standard InChI is InChI=1S/C45H86N2O4/c1-40(2)26-24-28-42(5)32-38-50-44(48)30-20-16-12-9-10-14-18-22-34-47(37-36-46(7)8)35-23-19-15-11-13-17-21-31-45(49)51-39-33-43(6)29-25-27-41(3)4/h26-27,42-43H,9-25,28-39H2,1-8H3. The van der Waals surface area contributed by atoms with E-state index in [9.17, 15) is 9.59 Å². The van der Waals surface area contributed by atoms with Crippen LogP contribution < -0.4 is 0 Å². The highest BCUT2D eigenvalue weighted by molar-refractivity contribution is 5.69. The predicted molar refractivity (Wildman–Crippen MR) is 220 cm³/mol. The minimum Gasteiger partial charge on any atom is -0.466 e. The lowest BCUT2D eigenvalue weighted by Crippen LogP contribution is -2.33. The summed E-state index contributed by atoms with van der Waals surface area (Å²) in [4.78, 5) is 29.1. The van der Waals surface area contributed by atoms with Gasteiger partial charge in [0.2, 0.25) is 0 Å². The van der Waals surface area contributed by atoms with Gasteiger partial charge in [0.1, 0.15) is 0 Å². The van der Waals surface area contributed by atoms with Gasteiger partial charge in [-0.1, -0.05) is 108 Å². The van der Waals surface area contributed by atoms with Crippen molar-refractivity contribution in [3.05, 3.63) is 23.3 Å². The molecule has 6 heteroatoms. The molecule has 0 bridgehead atoms. The van der Waals surface area contributed by atoms with Crippen LogP contribution in [0.1, 0.15) is 189 Å². The average molecular weight is 719 g/mol. The van der Waals surface area contributed by atoms with Gasteiger partial charge in [0.25, 0.3) is 0 Å². The van der Waals surface area contributed by atoms with E-state index in [1.807, 2.05) is 0 Å². The molecule has 51 heavy (non-hydrogen) atoms. The summed E-state index contributed by atoms with van der Waals surface area (Å²) in [6.45, 7) is 18.9. The number of esters is 2. The molecule has 0 aromatic carbocycles. The summed E-state index contributed by atoms with van der Waals surface area (Å²) >= 11 is 0. The second-order valence-electron chi connectivity index (χ2n) is 16.4. The molecule has 0 saturated heterocycles. The molecule has 0 saturated carbocycles. The lowest BCUT2D eigenvalue weighted by molar-refractivity contribution is -0.145. The maximum Gasteiger partial charge on any atom is 0.305 e. The van der Waals surface area contributed by atoms with E-state index >= 15 is 0 Å². The van der Waals surface area contributed by atoms with Gasteiger partial charge in [-0.15, -0.1) is 0 Å². The van der Waals surface area contributed by atoms with Crippen LogP contribution in [0.2, 0.25) is 0 Å². The molecular weight excluding hydrogens is 633 g/mol. The van der Waals surface area contributed by atoms with Crippen molar-refractivity contribution in [1.82, 2.24) is 9.80 Å². The number of hydrogen-bond donors (Lipinski definition) is 0. The first-order valence-corrected chi connectivity index (χ1v) is 21.4.